The van der Waals surface area contributed by atoms with Crippen LogP contribution in [0.1, 0.15) is 25.0 Å². The quantitative estimate of drug-likeness (QED) is 0.163. The summed E-state index contributed by atoms with van der Waals surface area (Å²) in [5.74, 6) is 0. The Balaban J connectivity index is 1.08. The summed E-state index contributed by atoms with van der Waals surface area (Å²) < 4.78 is 6.95. The molecule has 1 heterocycles. The number of hydrogen-bond acceptors (Lipinski definition) is 2. The van der Waals surface area contributed by atoms with Crippen molar-refractivity contribution in [2.45, 2.75) is 19.3 Å². The molecule has 0 bridgehead atoms. The number of hydrogen-bond donors (Lipinski definition) is 0. The molecule has 0 saturated heterocycles. The molecule has 1 aliphatic carbocycles. The summed E-state index contributed by atoms with van der Waals surface area (Å²) in [4.78, 5) is 2.49. The summed E-state index contributed by atoms with van der Waals surface area (Å²) in [6, 6.07) is 73.1. The highest BCUT2D eigenvalue weighted by atomic mass is 16.3. The summed E-state index contributed by atoms with van der Waals surface area (Å²) in [5, 5.41) is 9.62. The first-order valence-electron chi connectivity index (χ1n) is 20.5. The minimum absolute atomic E-state index is 0.221. The van der Waals surface area contributed by atoms with Gasteiger partial charge in [-0.2, -0.15) is 0 Å². The standard InChI is InChI=1S/C57H39NO/c1-57(2)51-25-9-7-18-45(51)47-22-13-27-53(54(47)57)58(39-32-28-38(29-33-39)41-20-11-21-43-40-16-5-3-14-36(40)30-34-44(41)43)52-26-10-8-19-46(52)48-23-12-24-49-50-35-31-37-15-4-6-17-42(37)55(50)59-56(48)49/h3-35H,1-2H3. The molecule has 0 amide bonds. The number of benzene rings is 10. The number of para-hydroxylation sites is 2. The van der Waals surface area contributed by atoms with E-state index in [0.717, 1.165) is 49.8 Å². The van der Waals surface area contributed by atoms with Crippen LogP contribution >= 0.6 is 0 Å². The fourth-order valence-corrected chi connectivity index (χ4v) is 10.1. The Kier molecular flexibility index (Phi) is 7.31. The molecule has 0 N–H and O–H groups in total. The Bertz CT molecular complexity index is 3480. The SMILES string of the molecule is CC1(C)c2ccccc2-c2cccc(N(c3ccc(-c4cccc5c4ccc4ccccc45)cc3)c3ccccc3-c3cccc4c3oc3c5ccccc5ccc43)c21. The van der Waals surface area contributed by atoms with Crippen molar-refractivity contribution in [2.24, 2.45) is 0 Å². The van der Waals surface area contributed by atoms with Gasteiger partial charge in [-0.05, 0) is 90.6 Å². The lowest BCUT2D eigenvalue weighted by atomic mass is 9.81. The van der Waals surface area contributed by atoms with Gasteiger partial charge in [0.05, 0.1) is 11.4 Å². The third kappa shape index (κ3) is 5.00. The first kappa shape index (κ1) is 33.7. The zero-order valence-electron chi connectivity index (χ0n) is 32.9. The van der Waals surface area contributed by atoms with Crippen molar-refractivity contribution in [1.82, 2.24) is 0 Å². The second-order valence-electron chi connectivity index (χ2n) is 16.4. The van der Waals surface area contributed by atoms with E-state index in [9.17, 15) is 0 Å². The van der Waals surface area contributed by atoms with Crippen LogP contribution in [0.2, 0.25) is 0 Å². The normalized spacial score (nSPS) is 13.1. The van der Waals surface area contributed by atoms with Gasteiger partial charge >= 0.3 is 0 Å². The van der Waals surface area contributed by atoms with Crippen LogP contribution < -0.4 is 4.90 Å². The van der Waals surface area contributed by atoms with Crippen molar-refractivity contribution < 1.29 is 4.42 Å². The summed E-state index contributed by atoms with van der Waals surface area (Å²) >= 11 is 0. The molecular formula is C57H39NO. The lowest BCUT2D eigenvalue weighted by Crippen LogP contribution is -2.21. The largest absolute Gasteiger partial charge is 0.455 e. The molecule has 2 heteroatoms. The van der Waals surface area contributed by atoms with Crippen LogP contribution in [0.3, 0.4) is 0 Å². The van der Waals surface area contributed by atoms with E-state index in [1.165, 1.54) is 66.0 Å². The van der Waals surface area contributed by atoms with E-state index in [1.54, 1.807) is 0 Å². The van der Waals surface area contributed by atoms with Gasteiger partial charge < -0.3 is 9.32 Å². The van der Waals surface area contributed by atoms with E-state index in [-0.39, 0.29) is 5.41 Å². The van der Waals surface area contributed by atoms with Gasteiger partial charge in [0.1, 0.15) is 11.2 Å². The number of rotatable bonds is 5. The predicted molar refractivity (Wildman–Crippen MR) is 249 cm³/mol. The van der Waals surface area contributed by atoms with Gasteiger partial charge in [0.25, 0.3) is 0 Å². The molecule has 10 aromatic carbocycles. The Labute approximate surface area is 343 Å². The lowest BCUT2D eigenvalue weighted by molar-refractivity contribution is 0.661. The summed E-state index contributed by atoms with van der Waals surface area (Å²) in [7, 11) is 0. The number of furan rings is 1. The maximum absolute atomic E-state index is 6.95. The van der Waals surface area contributed by atoms with E-state index in [4.69, 9.17) is 4.42 Å². The maximum Gasteiger partial charge on any atom is 0.143 e. The van der Waals surface area contributed by atoms with Crippen molar-refractivity contribution in [3.8, 4) is 33.4 Å². The van der Waals surface area contributed by atoms with Crippen LogP contribution in [0.15, 0.2) is 205 Å². The minimum atomic E-state index is -0.221. The molecule has 59 heavy (non-hydrogen) atoms. The van der Waals surface area contributed by atoms with Crippen LogP contribution in [0, 0.1) is 0 Å². The molecule has 11 aromatic rings. The van der Waals surface area contributed by atoms with Crippen LogP contribution in [-0.2, 0) is 5.41 Å². The topological polar surface area (TPSA) is 16.4 Å². The van der Waals surface area contributed by atoms with Crippen LogP contribution in [0.4, 0.5) is 17.1 Å². The molecule has 0 saturated carbocycles. The number of fused-ring (bicyclic) bond motifs is 11. The lowest BCUT2D eigenvalue weighted by Gasteiger charge is -2.33. The zero-order chi connectivity index (χ0) is 39.2. The first-order valence-corrected chi connectivity index (χ1v) is 20.5. The zero-order valence-corrected chi connectivity index (χ0v) is 32.9. The molecule has 1 aromatic heterocycles. The molecule has 0 fully saturated rings. The number of anilines is 3. The highest BCUT2D eigenvalue weighted by molar-refractivity contribution is 6.18. The van der Waals surface area contributed by atoms with Crippen LogP contribution in [0.25, 0.3) is 87.6 Å². The predicted octanol–water partition coefficient (Wildman–Crippen LogP) is 16.2. The molecule has 2 nitrogen and oxygen atoms in total. The van der Waals surface area contributed by atoms with E-state index in [0.29, 0.717) is 0 Å². The summed E-state index contributed by atoms with van der Waals surface area (Å²) in [6.45, 7) is 4.75. The highest BCUT2D eigenvalue weighted by Gasteiger charge is 2.39. The van der Waals surface area contributed by atoms with Gasteiger partial charge in [-0.3, -0.25) is 0 Å². The van der Waals surface area contributed by atoms with Gasteiger partial charge in [0.2, 0.25) is 0 Å². The van der Waals surface area contributed by atoms with Crippen molar-refractivity contribution in [1.29, 1.82) is 0 Å². The van der Waals surface area contributed by atoms with Gasteiger partial charge in [-0.1, -0.05) is 184 Å². The first-order chi connectivity index (χ1) is 29.0. The second-order valence-corrected chi connectivity index (χ2v) is 16.4. The van der Waals surface area contributed by atoms with Gasteiger partial charge in [-0.25, -0.2) is 0 Å². The smallest absolute Gasteiger partial charge is 0.143 e. The molecule has 0 aliphatic heterocycles. The third-order valence-electron chi connectivity index (χ3n) is 12.8. The van der Waals surface area contributed by atoms with Gasteiger partial charge in [0, 0.05) is 38.4 Å². The fourth-order valence-electron chi connectivity index (χ4n) is 10.1. The highest BCUT2D eigenvalue weighted by Crippen LogP contribution is 2.55. The van der Waals surface area contributed by atoms with Crippen molar-refractivity contribution >= 4 is 71.3 Å². The Morgan fingerprint density at radius 3 is 1.75 bits per heavy atom. The average Bonchev–Trinajstić information content (AvgIpc) is 3.79. The molecule has 1 aliphatic rings. The van der Waals surface area contributed by atoms with E-state index in [2.05, 4.69) is 219 Å². The van der Waals surface area contributed by atoms with E-state index < -0.39 is 0 Å². The van der Waals surface area contributed by atoms with Crippen molar-refractivity contribution in [3.05, 3.63) is 211 Å². The minimum Gasteiger partial charge on any atom is -0.455 e. The maximum atomic E-state index is 6.95. The molecule has 0 radical (unpaired) electrons. The third-order valence-corrected chi connectivity index (χ3v) is 12.8. The Hall–Kier alpha value is -7.42. The average molecular weight is 754 g/mol. The van der Waals surface area contributed by atoms with E-state index in [1.807, 2.05) is 0 Å². The Morgan fingerprint density at radius 2 is 0.915 bits per heavy atom. The molecule has 0 unspecified atom stereocenters. The van der Waals surface area contributed by atoms with Gasteiger partial charge in [0.15, 0.2) is 0 Å². The van der Waals surface area contributed by atoms with Crippen molar-refractivity contribution in [2.75, 3.05) is 4.90 Å². The Morgan fingerprint density at radius 1 is 0.356 bits per heavy atom. The van der Waals surface area contributed by atoms with Crippen LogP contribution in [-0.4, -0.2) is 0 Å². The van der Waals surface area contributed by atoms with Crippen LogP contribution in [0.5, 0.6) is 0 Å². The van der Waals surface area contributed by atoms with Gasteiger partial charge in [-0.15, -0.1) is 0 Å². The molecule has 0 spiro atoms. The molecule has 278 valence electrons. The summed E-state index contributed by atoms with van der Waals surface area (Å²) in [5.41, 5.74) is 14.8. The second kappa shape index (κ2) is 12.8. The monoisotopic (exact) mass is 753 g/mol. The fraction of sp³-hybridized carbons (Fsp3) is 0.0526. The van der Waals surface area contributed by atoms with Crippen molar-refractivity contribution in [3.63, 3.8) is 0 Å². The molecule has 0 atom stereocenters. The molecular weight excluding hydrogens is 715 g/mol. The number of nitrogens with zero attached hydrogens (tertiary/aromatic N) is 1. The molecule has 12 rings (SSSR count). The van der Waals surface area contributed by atoms with E-state index >= 15 is 0 Å². The summed E-state index contributed by atoms with van der Waals surface area (Å²) in [6.07, 6.45) is 0.